The second-order valence-electron chi connectivity index (χ2n) is 7.21. The molecule has 2 atom stereocenters. The number of hydrogen-bond acceptors (Lipinski definition) is 3. The highest BCUT2D eigenvalue weighted by molar-refractivity contribution is 5.74. The molecule has 1 N–H and O–H groups in total. The van der Waals surface area contributed by atoms with E-state index in [1.54, 1.807) is 0 Å². The van der Waals surface area contributed by atoms with Crippen LogP contribution in [0, 0.1) is 5.92 Å². The molecule has 0 aromatic carbocycles. The van der Waals surface area contributed by atoms with Gasteiger partial charge in [-0.3, -0.25) is 4.79 Å². The third-order valence-electron chi connectivity index (χ3n) is 4.98. The normalized spacial score (nSPS) is 20.9. The maximum absolute atomic E-state index is 11.4. The van der Waals surface area contributed by atoms with Crippen LogP contribution in [0.2, 0.25) is 0 Å². The molecule has 1 rings (SSSR count). The molecule has 0 aromatic heterocycles. The van der Waals surface area contributed by atoms with Crippen LogP contribution in [0.3, 0.4) is 0 Å². The second-order valence-corrected chi connectivity index (χ2v) is 7.21. The molecule has 2 unspecified atom stereocenters. The SMILES string of the molecule is CCCCCCCCCCCCCCCCC1CC(O)OC1=O. The molecule has 0 aliphatic carbocycles. The van der Waals surface area contributed by atoms with Gasteiger partial charge in [-0.25, -0.2) is 0 Å². The van der Waals surface area contributed by atoms with Crippen molar-refractivity contribution < 1.29 is 14.6 Å². The third kappa shape index (κ3) is 10.8. The number of aliphatic hydroxyl groups is 1. The first-order chi connectivity index (χ1) is 11.2. The molecule has 0 saturated carbocycles. The Kier molecular flexibility index (Phi) is 12.3. The van der Waals surface area contributed by atoms with Gasteiger partial charge in [0.25, 0.3) is 0 Å². The van der Waals surface area contributed by atoms with Crippen molar-refractivity contribution in [3.8, 4) is 0 Å². The average molecular weight is 327 g/mol. The summed E-state index contributed by atoms with van der Waals surface area (Å²) in [5, 5.41) is 9.24. The van der Waals surface area contributed by atoms with Gasteiger partial charge in [-0.1, -0.05) is 96.8 Å². The predicted octanol–water partition coefficient (Wildman–Crippen LogP) is 5.74. The number of esters is 1. The highest BCUT2D eigenvalue weighted by atomic mass is 16.6. The van der Waals surface area contributed by atoms with E-state index in [9.17, 15) is 9.90 Å². The molecule has 1 saturated heterocycles. The van der Waals surface area contributed by atoms with Crippen LogP contribution in [0.4, 0.5) is 0 Å². The van der Waals surface area contributed by atoms with E-state index in [4.69, 9.17) is 4.74 Å². The first-order valence-electron chi connectivity index (χ1n) is 10.1. The van der Waals surface area contributed by atoms with Gasteiger partial charge in [0.15, 0.2) is 0 Å². The number of rotatable bonds is 15. The fourth-order valence-corrected chi connectivity index (χ4v) is 3.44. The van der Waals surface area contributed by atoms with Gasteiger partial charge >= 0.3 is 5.97 Å². The summed E-state index contributed by atoms with van der Waals surface area (Å²) in [4.78, 5) is 11.4. The minimum Gasteiger partial charge on any atom is -0.436 e. The molecule has 136 valence electrons. The van der Waals surface area contributed by atoms with Crippen LogP contribution in [0.25, 0.3) is 0 Å². The van der Waals surface area contributed by atoms with Crippen molar-refractivity contribution in [2.75, 3.05) is 0 Å². The summed E-state index contributed by atoms with van der Waals surface area (Å²) in [6.45, 7) is 2.27. The molecule has 0 bridgehead atoms. The maximum atomic E-state index is 11.4. The van der Waals surface area contributed by atoms with E-state index in [0.29, 0.717) is 6.42 Å². The van der Waals surface area contributed by atoms with Crippen molar-refractivity contribution in [3.63, 3.8) is 0 Å². The first-order valence-corrected chi connectivity index (χ1v) is 10.1. The zero-order chi connectivity index (χ0) is 16.8. The number of ether oxygens (including phenoxy) is 1. The Balaban J connectivity index is 1.74. The van der Waals surface area contributed by atoms with Gasteiger partial charge in [-0.2, -0.15) is 0 Å². The number of hydrogen-bond donors (Lipinski definition) is 1. The Labute approximate surface area is 143 Å². The number of carbonyl (C=O) groups excluding carboxylic acids is 1. The van der Waals surface area contributed by atoms with Gasteiger partial charge in [0.2, 0.25) is 6.29 Å². The Morgan fingerprint density at radius 2 is 1.26 bits per heavy atom. The molecule has 0 amide bonds. The topological polar surface area (TPSA) is 46.5 Å². The van der Waals surface area contributed by atoms with Gasteiger partial charge < -0.3 is 9.84 Å². The zero-order valence-electron chi connectivity index (χ0n) is 15.2. The van der Waals surface area contributed by atoms with Crippen molar-refractivity contribution in [3.05, 3.63) is 0 Å². The Bertz CT molecular complexity index is 291. The van der Waals surface area contributed by atoms with Crippen molar-refractivity contribution >= 4 is 5.97 Å². The number of aliphatic hydroxyl groups excluding tert-OH is 1. The smallest absolute Gasteiger partial charge is 0.311 e. The fourth-order valence-electron chi connectivity index (χ4n) is 3.44. The Morgan fingerprint density at radius 1 is 0.826 bits per heavy atom. The molecule has 1 aliphatic heterocycles. The van der Waals surface area contributed by atoms with Gasteiger partial charge in [-0.05, 0) is 6.42 Å². The van der Waals surface area contributed by atoms with Gasteiger partial charge in [-0.15, -0.1) is 0 Å². The predicted molar refractivity (Wildman–Crippen MR) is 95.1 cm³/mol. The molecule has 0 aromatic rings. The van der Waals surface area contributed by atoms with Crippen LogP contribution in [0.15, 0.2) is 0 Å². The lowest BCUT2D eigenvalue weighted by molar-refractivity contribution is -0.155. The summed E-state index contributed by atoms with van der Waals surface area (Å²) in [6, 6.07) is 0. The van der Waals surface area contributed by atoms with Crippen molar-refractivity contribution in [1.29, 1.82) is 0 Å². The largest absolute Gasteiger partial charge is 0.436 e. The highest BCUT2D eigenvalue weighted by Gasteiger charge is 2.32. The Hall–Kier alpha value is -0.570. The molecule has 3 heteroatoms. The maximum Gasteiger partial charge on any atom is 0.311 e. The molecule has 0 spiro atoms. The summed E-state index contributed by atoms with van der Waals surface area (Å²) in [5.74, 6) is -0.255. The summed E-state index contributed by atoms with van der Waals surface area (Å²) < 4.78 is 4.76. The fraction of sp³-hybridized carbons (Fsp3) is 0.950. The van der Waals surface area contributed by atoms with E-state index >= 15 is 0 Å². The van der Waals surface area contributed by atoms with E-state index in [1.807, 2.05) is 0 Å². The van der Waals surface area contributed by atoms with Crippen molar-refractivity contribution in [2.24, 2.45) is 5.92 Å². The highest BCUT2D eigenvalue weighted by Crippen LogP contribution is 2.25. The van der Waals surface area contributed by atoms with Gasteiger partial charge in [0.05, 0.1) is 5.92 Å². The van der Waals surface area contributed by atoms with E-state index in [-0.39, 0.29) is 11.9 Å². The van der Waals surface area contributed by atoms with Gasteiger partial charge in [0, 0.05) is 6.42 Å². The first kappa shape index (κ1) is 20.5. The van der Waals surface area contributed by atoms with Crippen molar-refractivity contribution in [1.82, 2.24) is 0 Å². The Morgan fingerprint density at radius 3 is 1.65 bits per heavy atom. The molecule has 3 nitrogen and oxygen atoms in total. The van der Waals surface area contributed by atoms with E-state index in [2.05, 4.69) is 6.92 Å². The minimum absolute atomic E-state index is 0.0534. The number of unbranched alkanes of at least 4 members (excludes halogenated alkanes) is 13. The lowest BCUT2D eigenvalue weighted by Crippen LogP contribution is -2.07. The lowest BCUT2D eigenvalue weighted by Gasteiger charge is -2.05. The molecular weight excluding hydrogens is 288 g/mol. The van der Waals surface area contributed by atoms with Crippen LogP contribution in [0.5, 0.6) is 0 Å². The average Bonchev–Trinajstić information content (AvgIpc) is 2.85. The summed E-state index contributed by atoms with van der Waals surface area (Å²) in [6.07, 6.45) is 19.4. The summed E-state index contributed by atoms with van der Waals surface area (Å²) in [7, 11) is 0. The second kappa shape index (κ2) is 13.8. The number of cyclic esters (lactones) is 1. The molecule has 1 fully saturated rings. The van der Waals surface area contributed by atoms with E-state index in [1.165, 1.54) is 83.5 Å². The van der Waals surface area contributed by atoms with Gasteiger partial charge in [0.1, 0.15) is 0 Å². The molecule has 1 heterocycles. The van der Waals surface area contributed by atoms with Crippen LogP contribution in [0.1, 0.15) is 110 Å². The van der Waals surface area contributed by atoms with Crippen molar-refractivity contribution in [2.45, 2.75) is 116 Å². The minimum atomic E-state index is -0.848. The molecule has 0 radical (unpaired) electrons. The summed E-state index contributed by atoms with van der Waals surface area (Å²) in [5.41, 5.74) is 0. The van der Waals surface area contributed by atoms with E-state index in [0.717, 1.165) is 12.8 Å². The molecular formula is C20H38O3. The van der Waals surface area contributed by atoms with Crippen LogP contribution >= 0.6 is 0 Å². The summed E-state index contributed by atoms with van der Waals surface area (Å²) >= 11 is 0. The quantitative estimate of drug-likeness (QED) is 0.308. The molecule has 1 aliphatic rings. The standard InChI is InChI=1S/C20H38O3/c1-2-3-4-5-6-7-8-9-10-11-12-13-14-15-16-18-17-19(21)23-20(18)22/h18-19,21H,2-17H2,1H3. The van der Waals surface area contributed by atoms with Crippen LogP contribution in [-0.4, -0.2) is 17.4 Å². The monoisotopic (exact) mass is 326 g/mol. The number of carbonyl (C=O) groups is 1. The van der Waals surface area contributed by atoms with Crippen LogP contribution in [-0.2, 0) is 9.53 Å². The van der Waals surface area contributed by atoms with Crippen LogP contribution < -0.4 is 0 Å². The lowest BCUT2D eigenvalue weighted by atomic mass is 9.98. The molecule has 23 heavy (non-hydrogen) atoms. The zero-order valence-corrected chi connectivity index (χ0v) is 15.2. The van der Waals surface area contributed by atoms with E-state index < -0.39 is 6.29 Å². The third-order valence-corrected chi connectivity index (χ3v) is 4.98.